The number of allylic oxidation sites excluding steroid dienone is 3. The summed E-state index contributed by atoms with van der Waals surface area (Å²) in [5.41, 5.74) is 3.24. The van der Waals surface area contributed by atoms with E-state index >= 15 is 0 Å². The first-order valence-corrected chi connectivity index (χ1v) is 10.4. The number of rotatable bonds is 5. The number of hydrogen-bond acceptors (Lipinski definition) is 6. The number of halogens is 1. The van der Waals surface area contributed by atoms with Crippen LogP contribution in [0.1, 0.15) is 57.4 Å². The van der Waals surface area contributed by atoms with Gasteiger partial charge in [-0.3, -0.25) is 4.79 Å². The predicted octanol–water partition coefficient (Wildman–Crippen LogP) is 4.38. The number of ether oxygens (including phenoxy) is 3. The second-order valence-electron chi connectivity index (χ2n) is 7.48. The van der Waals surface area contributed by atoms with Crippen LogP contribution in [0.2, 0.25) is 5.02 Å². The van der Waals surface area contributed by atoms with Gasteiger partial charge < -0.3 is 19.5 Å². The minimum absolute atomic E-state index is 0.0313. The molecule has 29 heavy (non-hydrogen) atoms. The Hall–Kier alpha value is -2.47. The zero-order chi connectivity index (χ0) is 20.5. The molecule has 7 heteroatoms. The molecule has 0 spiro atoms. The number of benzene rings is 1. The summed E-state index contributed by atoms with van der Waals surface area (Å²) in [5.74, 6) is 0.139. The Balaban J connectivity index is 1.82. The van der Waals surface area contributed by atoms with Crippen LogP contribution in [0.3, 0.4) is 0 Å². The highest BCUT2D eigenvalue weighted by Crippen LogP contribution is 2.47. The van der Waals surface area contributed by atoms with Crippen molar-refractivity contribution >= 4 is 23.4 Å². The van der Waals surface area contributed by atoms with E-state index in [1.807, 2.05) is 13.8 Å². The average Bonchev–Trinajstić information content (AvgIpc) is 3.13. The van der Waals surface area contributed by atoms with E-state index in [1.165, 1.54) is 0 Å². The molecule has 154 valence electrons. The summed E-state index contributed by atoms with van der Waals surface area (Å²) in [6.07, 6.45) is 3.71. The molecule has 1 N–H and O–H groups in total. The lowest BCUT2D eigenvalue weighted by atomic mass is 9.75. The van der Waals surface area contributed by atoms with Gasteiger partial charge in [0.1, 0.15) is 0 Å². The van der Waals surface area contributed by atoms with E-state index in [2.05, 4.69) is 5.32 Å². The van der Waals surface area contributed by atoms with Crippen LogP contribution >= 0.6 is 11.6 Å². The smallest absolute Gasteiger partial charge is 0.336 e. The molecule has 4 rings (SSSR count). The van der Waals surface area contributed by atoms with Crippen LogP contribution in [0.25, 0.3) is 0 Å². The summed E-state index contributed by atoms with van der Waals surface area (Å²) >= 11 is 6.60. The molecule has 0 radical (unpaired) electrons. The number of hydrogen-bond donors (Lipinski definition) is 1. The number of carbonyl (C=O) groups is 2. The molecule has 2 heterocycles. The first-order chi connectivity index (χ1) is 14.0. The van der Waals surface area contributed by atoms with Crippen LogP contribution in [-0.4, -0.2) is 25.2 Å². The fourth-order valence-corrected chi connectivity index (χ4v) is 4.37. The Bertz CT molecular complexity index is 933. The molecule has 0 saturated carbocycles. The molecular weight excluding hydrogens is 394 g/mol. The van der Waals surface area contributed by atoms with Gasteiger partial charge in [-0.25, -0.2) is 4.79 Å². The second-order valence-corrected chi connectivity index (χ2v) is 7.89. The maximum Gasteiger partial charge on any atom is 0.336 e. The normalized spacial score (nSPS) is 20.5. The van der Waals surface area contributed by atoms with Crippen molar-refractivity contribution in [3.8, 4) is 11.5 Å². The molecule has 6 nitrogen and oxygen atoms in total. The van der Waals surface area contributed by atoms with Crippen molar-refractivity contribution in [3.63, 3.8) is 0 Å². The fraction of sp³-hybridized carbons (Fsp3) is 0.455. The molecule has 0 unspecified atom stereocenters. The molecule has 1 aliphatic carbocycles. The van der Waals surface area contributed by atoms with Gasteiger partial charge in [0.15, 0.2) is 17.3 Å². The summed E-state index contributed by atoms with van der Waals surface area (Å²) in [5, 5.41) is 3.71. The number of unbranched alkanes of at least 4 members (excludes halogenated alkanes) is 1. The van der Waals surface area contributed by atoms with Gasteiger partial charge in [-0.2, -0.15) is 0 Å². The van der Waals surface area contributed by atoms with E-state index in [4.69, 9.17) is 25.8 Å². The lowest BCUT2D eigenvalue weighted by Crippen LogP contribution is -2.34. The largest absolute Gasteiger partial charge is 0.462 e. The lowest BCUT2D eigenvalue weighted by Gasteiger charge is -2.34. The Morgan fingerprint density at radius 3 is 2.79 bits per heavy atom. The molecule has 3 aliphatic rings. The highest BCUT2D eigenvalue weighted by Gasteiger charge is 2.40. The van der Waals surface area contributed by atoms with Crippen molar-refractivity contribution < 1.29 is 23.8 Å². The SMILES string of the molecule is CCCCOC(=O)C1=C(C)NC2=C(C(=O)CCC2)[C@@H]1c1cc2c(cc1Cl)OCO2. The maximum atomic E-state index is 13.0. The van der Waals surface area contributed by atoms with E-state index in [9.17, 15) is 9.59 Å². The highest BCUT2D eigenvalue weighted by atomic mass is 35.5. The summed E-state index contributed by atoms with van der Waals surface area (Å²) in [6.45, 7) is 4.34. The molecule has 0 saturated heterocycles. The highest BCUT2D eigenvalue weighted by molar-refractivity contribution is 6.32. The molecule has 1 aromatic carbocycles. The van der Waals surface area contributed by atoms with Crippen molar-refractivity contribution in [1.82, 2.24) is 5.32 Å². The molecular formula is C22H24ClNO5. The Morgan fingerprint density at radius 2 is 2.03 bits per heavy atom. The van der Waals surface area contributed by atoms with Gasteiger partial charge in [0.2, 0.25) is 6.79 Å². The predicted molar refractivity (Wildman–Crippen MR) is 108 cm³/mol. The van der Waals surface area contributed by atoms with E-state index in [-0.39, 0.29) is 12.6 Å². The molecule has 0 fully saturated rings. The molecule has 2 aliphatic heterocycles. The molecule has 0 bridgehead atoms. The quantitative estimate of drug-likeness (QED) is 0.566. The van der Waals surface area contributed by atoms with E-state index in [1.54, 1.807) is 12.1 Å². The van der Waals surface area contributed by atoms with Gasteiger partial charge in [0, 0.05) is 40.4 Å². The Morgan fingerprint density at radius 1 is 1.28 bits per heavy atom. The van der Waals surface area contributed by atoms with E-state index < -0.39 is 11.9 Å². The van der Waals surface area contributed by atoms with E-state index in [0.29, 0.717) is 52.0 Å². The molecule has 0 amide bonds. The van der Waals surface area contributed by atoms with Crippen molar-refractivity contribution in [2.45, 2.75) is 51.9 Å². The van der Waals surface area contributed by atoms with Crippen LogP contribution in [0.4, 0.5) is 0 Å². The second kappa shape index (κ2) is 8.11. The zero-order valence-corrected chi connectivity index (χ0v) is 17.4. The van der Waals surface area contributed by atoms with Crippen LogP contribution in [0.5, 0.6) is 11.5 Å². The van der Waals surface area contributed by atoms with Crippen molar-refractivity contribution in [1.29, 1.82) is 0 Å². The standard InChI is InChI=1S/C22H24ClNO5/c1-3-4-8-27-22(26)19-12(2)24-15-6-5-7-16(25)21(15)20(19)13-9-17-18(10-14(13)23)29-11-28-17/h9-10,20,24H,3-8,11H2,1-2H3/t20-/m1/s1. The van der Waals surface area contributed by atoms with Gasteiger partial charge in [-0.05, 0) is 37.8 Å². The lowest BCUT2D eigenvalue weighted by molar-refractivity contribution is -0.139. The Kier molecular flexibility index (Phi) is 5.54. The minimum Gasteiger partial charge on any atom is -0.462 e. The maximum absolute atomic E-state index is 13.0. The Labute approximate surface area is 174 Å². The molecule has 1 atom stereocenters. The first-order valence-electron chi connectivity index (χ1n) is 10.0. The minimum atomic E-state index is -0.588. The zero-order valence-electron chi connectivity index (χ0n) is 16.6. The van der Waals surface area contributed by atoms with E-state index in [0.717, 1.165) is 31.4 Å². The summed E-state index contributed by atoms with van der Waals surface area (Å²) in [6, 6.07) is 3.46. The van der Waals surface area contributed by atoms with Crippen LogP contribution in [-0.2, 0) is 14.3 Å². The number of esters is 1. The number of dihydropyridines is 1. The third-order valence-electron chi connectivity index (χ3n) is 5.53. The third-order valence-corrected chi connectivity index (χ3v) is 5.86. The number of Topliss-reactive ketones (excluding diaryl/α,β-unsaturated/α-hetero) is 1. The summed E-state index contributed by atoms with van der Waals surface area (Å²) < 4.78 is 16.5. The number of carbonyl (C=O) groups excluding carboxylic acids is 2. The monoisotopic (exact) mass is 417 g/mol. The topological polar surface area (TPSA) is 73.9 Å². The molecule has 0 aromatic heterocycles. The number of ketones is 1. The van der Waals surface area contributed by atoms with Crippen molar-refractivity contribution in [3.05, 3.63) is 45.3 Å². The van der Waals surface area contributed by atoms with Gasteiger partial charge in [-0.1, -0.05) is 24.9 Å². The van der Waals surface area contributed by atoms with Gasteiger partial charge in [0.25, 0.3) is 0 Å². The van der Waals surface area contributed by atoms with Crippen LogP contribution in [0.15, 0.2) is 34.7 Å². The van der Waals surface area contributed by atoms with Gasteiger partial charge in [-0.15, -0.1) is 0 Å². The van der Waals surface area contributed by atoms with Gasteiger partial charge in [0.05, 0.1) is 12.2 Å². The average molecular weight is 418 g/mol. The summed E-state index contributed by atoms with van der Waals surface area (Å²) in [4.78, 5) is 26.0. The first kappa shape index (κ1) is 19.8. The summed E-state index contributed by atoms with van der Waals surface area (Å²) in [7, 11) is 0. The number of nitrogens with one attached hydrogen (secondary N) is 1. The van der Waals surface area contributed by atoms with Crippen molar-refractivity contribution in [2.24, 2.45) is 0 Å². The van der Waals surface area contributed by atoms with Crippen LogP contribution < -0.4 is 14.8 Å². The fourth-order valence-electron chi connectivity index (χ4n) is 4.11. The van der Waals surface area contributed by atoms with Crippen molar-refractivity contribution in [2.75, 3.05) is 13.4 Å². The third kappa shape index (κ3) is 3.62. The number of fused-ring (bicyclic) bond motifs is 1. The van der Waals surface area contributed by atoms with Gasteiger partial charge >= 0.3 is 5.97 Å². The molecule has 1 aromatic rings. The van der Waals surface area contributed by atoms with Crippen LogP contribution in [0, 0.1) is 0 Å².